The van der Waals surface area contributed by atoms with E-state index in [-0.39, 0.29) is 12.3 Å². The predicted octanol–water partition coefficient (Wildman–Crippen LogP) is 4.50. The normalized spacial score (nSPS) is 11.2. The van der Waals surface area contributed by atoms with Gasteiger partial charge in [0.1, 0.15) is 5.82 Å². The number of carbonyl (C=O) groups excluding carboxylic acids is 1. The van der Waals surface area contributed by atoms with Crippen molar-refractivity contribution in [3.8, 4) is 0 Å². The number of fused-ring (bicyclic) bond motifs is 1. The molecular weight excluding hydrogens is 433 g/mol. The fourth-order valence-electron chi connectivity index (χ4n) is 3.19. The van der Waals surface area contributed by atoms with Gasteiger partial charge in [-0.2, -0.15) is 0 Å². The highest BCUT2D eigenvalue weighted by Crippen LogP contribution is 2.23. The van der Waals surface area contributed by atoms with Crippen LogP contribution >= 0.6 is 23.2 Å². The first kappa shape index (κ1) is 23.3. The molecule has 0 spiro atoms. The van der Waals surface area contributed by atoms with E-state index in [1.807, 2.05) is 30.3 Å². The van der Waals surface area contributed by atoms with Crippen LogP contribution in [0, 0.1) is 0 Å². The highest BCUT2D eigenvalue weighted by Gasteiger charge is 2.14. The molecule has 1 heterocycles. The number of amides is 1. The van der Waals surface area contributed by atoms with Crippen LogP contribution in [0.3, 0.4) is 0 Å². The van der Waals surface area contributed by atoms with Gasteiger partial charge in [-0.25, -0.2) is 9.97 Å². The molecule has 0 bridgehead atoms. The van der Waals surface area contributed by atoms with Gasteiger partial charge in [0, 0.05) is 19.0 Å². The van der Waals surface area contributed by atoms with E-state index in [4.69, 9.17) is 28.2 Å². The third-order valence-corrected chi connectivity index (χ3v) is 5.61. The number of aromatic nitrogens is 2. The molecule has 0 saturated carbocycles. The van der Waals surface area contributed by atoms with E-state index >= 15 is 0 Å². The second-order valence-corrected chi connectivity index (χ2v) is 8.58. The minimum Gasteiger partial charge on any atom is -0.369 e. The third kappa shape index (κ3) is 6.53. The maximum absolute atomic E-state index is 12.7. The fraction of sp³-hybridized carbons (Fsp3) is 0.348. The number of hydrogen-bond donors (Lipinski definition) is 1. The summed E-state index contributed by atoms with van der Waals surface area (Å²) in [6.07, 6.45) is 1.24. The Morgan fingerprint density at radius 2 is 1.81 bits per heavy atom. The average Bonchev–Trinajstić information content (AvgIpc) is 2.73. The first-order valence-electron chi connectivity index (χ1n) is 10.2. The summed E-state index contributed by atoms with van der Waals surface area (Å²) < 4.78 is 0. The largest absolute Gasteiger partial charge is 0.369 e. The van der Waals surface area contributed by atoms with Crippen molar-refractivity contribution < 1.29 is 4.79 Å². The molecule has 0 aliphatic carbocycles. The van der Waals surface area contributed by atoms with Gasteiger partial charge in [-0.1, -0.05) is 41.4 Å². The molecule has 0 aliphatic heterocycles. The van der Waals surface area contributed by atoms with E-state index < -0.39 is 0 Å². The Hall–Kier alpha value is -2.41. The minimum absolute atomic E-state index is 0.0457. The zero-order valence-electron chi connectivity index (χ0n) is 18.0. The van der Waals surface area contributed by atoms with Crippen LogP contribution in [-0.2, 0) is 17.8 Å². The maximum Gasteiger partial charge on any atom is 0.227 e. The van der Waals surface area contributed by atoms with Crippen molar-refractivity contribution in [1.82, 2.24) is 19.8 Å². The second kappa shape index (κ2) is 10.8. The molecular formula is C23H27Cl2N5O. The molecule has 31 heavy (non-hydrogen) atoms. The zero-order valence-corrected chi connectivity index (χ0v) is 19.5. The van der Waals surface area contributed by atoms with Crippen molar-refractivity contribution in [3.05, 3.63) is 63.9 Å². The second-order valence-electron chi connectivity index (χ2n) is 7.76. The molecule has 3 aromatic rings. The number of nitrogens with zero attached hydrogens (tertiary/aromatic N) is 4. The Balaban J connectivity index is 1.72. The van der Waals surface area contributed by atoms with E-state index in [0.717, 1.165) is 41.8 Å². The molecule has 0 aliphatic rings. The van der Waals surface area contributed by atoms with Gasteiger partial charge in [-0.3, -0.25) is 4.79 Å². The lowest BCUT2D eigenvalue weighted by Crippen LogP contribution is -2.28. The average molecular weight is 460 g/mol. The Bertz CT molecular complexity index is 1060. The standard InChI is InChI=1S/C23H27Cl2N5O/c1-29(2)12-6-11-26-23-17-7-4-5-8-20(17)27-21(28-23)15-30(3)22(31)14-16-9-10-18(24)19(25)13-16/h4-5,7-10,13H,6,11-12,14-15H2,1-3H3,(H,26,27,28). The molecule has 1 amide bonds. The molecule has 0 atom stereocenters. The number of benzene rings is 2. The monoisotopic (exact) mass is 459 g/mol. The number of halogens is 2. The fourth-order valence-corrected chi connectivity index (χ4v) is 3.51. The van der Waals surface area contributed by atoms with Crippen LogP contribution in [-0.4, -0.2) is 59.9 Å². The quantitative estimate of drug-likeness (QED) is 0.477. The molecule has 0 fully saturated rings. The molecule has 8 heteroatoms. The topological polar surface area (TPSA) is 61.4 Å². The molecule has 1 aromatic heterocycles. The summed E-state index contributed by atoms with van der Waals surface area (Å²) in [7, 11) is 5.87. The van der Waals surface area contributed by atoms with Gasteiger partial charge in [-0.15, -0.1) is 0 Å². The van der Waals surface area contributed by atoms with Gasteiger partial charge >= 0.3 is 0 Å². The summed E-state index contributed by atoms with van der Waals surface area (Å²) in [5, 5.41) is 5.32. The van der Waals surface area contributed by atoms with Crippen molar-refractivity contribution >= 4 is 45.8 Å². The number of para-hydroxylation sites is 1. The van der Waals surface area contributed by atoms with Crippen molar-refractivity contribution in [1.29, 1.82) is 0 Å². The summed E-state index contributed by atoms with van der Waals surface area (Å²) in [5.41, 5.74) is 1.67. The molecule has 0 radical (unpaired) electrons. The van der Waals surface area contributed by atoms with Crippen molar-refractivity contribution in [2.45, 2.75) is 19.4 Å². The number of nitrogens with one attached hydrogen (secondary N) is 1. The predicted molar refractivity (Wildman–Crippen MR) is 128 cm³/mol. The van der Waals surface area contributed by atoms with Gasteiger partial charge in [0.25, 0.3) is 0 Å². The Labute approximate surface area is 193 Å². The molecule has 3 rings (SSSR count). The van der Waals surface area contributed by atoms with E-state index in [1.54, 1.807) is 24.1 Å². The van der Waals surface area contributed by atoms with Crippen molar-refractivity contribution in [2.24, 2.45) is 0 Å². The lowest BCUT2D eigenvalue weighted by molar-refractivity contribution is -0.129. The summed E-state index contributed by atoms with van der Waals surface area (Å²) in [4.78, 5) is 25.9. The first-order valence-corrected chi connectivity index (χ1v) is 10.9. The smallest absolute Gasteiger partial charge is 0.227 e. The van der Waals surface area contributed by atoms with Gasteiger partial charge < -0.3 is 15.1 Å². The lowest BCUT2D eigenvalue weighted by Gasteiger charge is -2.18. The van der Waals surface area contributed by atoms with Crippen LogP contribution in [0.2, 0.25) is 10.0 Å². The maximum atomic E-state index is 12.7. The van der Waals surface area contributed by atoms with E-state index in [2.05, 4.69) is 29.3 Å². The van der Waals surface area contributed by atoms with Crippen LogP contribution in [0.5, 0.6) is 0 Å². The molecule has 6 nitrogen and oxygen atoms in total. The Morgan fingerprint density at radius 1 is 1.03 bits per heavy atom. The third-order valence-electron chi connectivity index (χ3n) is 4.87. The molecule has 164 valence electrons. The number of likely N-dealkylation sites (N-methyl/N-ethyl adjacent to an activating group) is 1. The molecule has 1 N–H and O–H groups in total. The van der Waals surface area contributed by atoms with Gasteiger partial charge in [0.15, 0.2) is 5.82 Å². The van der Waals surface area contributed by atoms with Gasteiger partial charge in [0.2, 0.25) is 5.91 Å². The van der Waals surface area contributed by atoms with Crippen molar-refractivity contribution in [2.75, 3.05) is 39.5 Å². The van der Waals surface area contributed by atoms with Crippen LogP contribution in [0.1, 0.15) is 17.8 Å². The molecule has 2 aromatic carbocycles. The first-order chi connectivity index (χ1) is 14.8. The highest BCUT2D eigenvalue weighted by atomic mass is 35.5. The van der Waals surface area contributed by atoms with Crippen LogP contribution in [0.15, 0.2) is 42.5 Å². The number of hydrogen-bond acceptors (Lipinski definition) is 5. The van der Waals surface area contributed by atoms with Crippen molar-refractivity contribution in [3.63, 3.8) is 0 Å². The van der Waals surface area contributed by atoms with Gasteiger partial charge in [-0.05, 0) is 56.9 Å². The van der Waals surface area contributed by atoms with Gasteiger partial charge in [0.05, 0.1) is 28.5 Å². The van der Waals surface area contributed by atoms with E-state index in [1.165, 1.54) is 0 Å². The van der Waals surface area contributed by atoms with E-state index in [9.17, 15) is 4.79 Å². The number of carbonyl (C=O) groups is 1. The summed E-state index contributed by atoms with van der Waals surface area (Å²) in [6.45, 7) is 2.12. The number of anilines is 1. The lowest BCUT2D eigenvalue weighted by atomic mass is 10.1. The number of rotatable bonds is 9. The van der Waals surface area contributed by atoms with E-state index in [0.29, 0.717) is 22.4 Å². The van der Waals surface area contributed by atoms with Crippen LogP contribution in [0.4, 0.5) is 5.82 Å². The SMILES string of the molecule is CN(C)CCCNc1nc(CN(C)C(=O)Cc2ccc(Cl)c(Cl)c2)nc2ccccc12. The Morgan fingerprint density at radius 3 is 2.55 bits per heavy atom. The molecule has 0 unspecified atom stereocenters. The minimum atomic E-state index is -0.0457. The molecule has 0 saturated heterocycles. The Kier molecular flexibility index (Phi) is 8.07. The summed E-state index contributed by atoms with van der Waals surface area (Å²) in [5.74, 6) is 1.35. The zero-order chi connectivity index (χ0) is 22.4. The summed E-state index contributed by atoms with van der Waals surface area (Å²) >= 11 is 12.0. The van der Waals surface area contributed by atoms with Crippen LogP contribution < -0.4 is 5.32 Å². The summed E-state index contributed by atoms with van der Waals surface area (Å²) in [6, 6.07) is 13.1. The highest BCUT2D eigenvalue weighted by molar-refractivity contribution is 6.42. The van der Waals surface area contributed by atoms with Crippen LogP contribution in [0.25, 0.3) is 10.9 Å².